The van der Waals surface area contributed by atoms with Crippen molar-refractivity contribution in [2.45, 2.75) is 33.3 Å². The SMILES string of the molecule is CC(=O)CONC(=O)OC(C)(C)C. The Morgan fingerprint density at radius 1 is 1.31 bits per heavy atom. The molecule has 0 aliphatic heterocycles. The van der Waals surface area contributed by atoms with Crippen molar-refractivity contribution in [1.29, 1.82) is 0 Å². The number of carbonyl (C=O) groups is 2. The largest absolute Gasteiger partial charge is 0.442 e. The normalized spacial score (nSPS) is 10.8. The molecular weight excluding hydrogens is 174 g/mol. The van der Waals surface area contributed by atoms with Gasteiger partial charge in [-0.1, -0.05) is 0 Å². The number of carbonyl (C=O) groups excluding carboxylic acids is 2. The van der Waals surface area contributed by atoms with Crippen LogP contribution in [-0.2, 0) is 14.4 Å². The average Bonchev–Trinajstić information content (AvgIpc) is 1.81. The Kier molecular flexibility index (Phi) is 4.40. The summed E-state index contributed by atoms with van der Waals surface area (Å²) in [4.78, 5) is 25.8. The predicted molar refractivity (Wildman–Crippen MR) is 46.0 cm³/mol. The van der Waals surface area contributed by atoms with E-state index < -0.39 is 11.7 Å². The molecule has 0 radical (unpaired) electrons. The highest BCUT2D eigenvalue weighted by Crippen LogP contribution is 2.06. The highest BCUT2D eigenvalue weighted by Gasteiger charge is 2.15. The monoisotopic (exact) mass is 189 g/mol. The molecule has 0 fully saturated rings. The molecule has 5 nitrogen and oxygen atoms in total. The first-order chi connectivity index (χ1) is 5.81. The molecule has 13 heavy (non-hydrogen) atoms. The molecular formula is C8H15NO4. The Hall–Kier alpha value is -1.10. The van der Waals surface area contributed by atoms with Crippen LogP contribution < -0.4 is 5.48 Å². The number of nitrogens with one attached hydrogen (secondary N) is 1. The van der Waals surface area contributed by atoms with Gasteiger partial charge in [0.2, 0.25) is 0 Å². The first-order valence-electron chi connectivity index (χ1n) is 3.91. The van der Waals surface area contributed by atoms with E-state index in [0.29, 0.717) is 0 Å². The quantitative estimate of drug-likeness (QED) is 0.673. The second kappa shape index (κ2) is 4.81. The van der Waals surface area contributed by atoms with Crippen LogP contribution in [0.4, 0.5) is 4.79 Å². The maximum absolute atomic E-state index is 10.9. The summed E-state index contributed by atoms with van der Waals surface area (Å²) in [6, 6.07) is 0. The Morgan fingerprint density at radius 3 is 2.23 bits per heavy atom. The third-order valence-corrected chi connectivity index (χ3v) is 0.830. The third kappa shape index (κ3) is 8.81. The summed E-state index contributed by atoms with van der Waals surface area (Å²) >= 11 is 0. The lowest BCUT2D eigenvalue weighted by molar-refractivity contribution is -0.123. The van der Waals surface area contributed by atoms with Crippen LogP contribution in [0.1, 0.15) is 27.7 Å². The maximum Gasteiger partial charge on any atom is 0.431 e. The van der Waals surface area contributed by atoms with Gasteiger partial charge in [-0.3, -0.25) is 9.63 Å². The zero-order chi connectivity index (χ0) is 10.5. The second-order valence-corrected chi connectivity index (χ2v) is 3.59. The number of Topliss-reactive ketones (excluding diaryl/α,β-unsaturated/α-hetero) is 1. The van der Waals surface area contributed by atoms with E-state index in [-0.39, 0.29) is 12.4 Å². The molecule has 1 amide bonds. The summed E-state index contributed by atoms with van der Waals surface area (Å²) < 4.78 is 4.83. The summed E-state index contributed by atoms with van der Waals surface area (Å²) in [7, 11) is 0. The van der Waals surface area contributed by atoms with E-state index in [1.807, 2.05) is 5.48 Å². The van der Waals surface area contributed by atoms with E-state index in [4.69, 9.17) is 4.74 Å². The minimum Gasteiger partial charge on any atom is -0.442 e. The number of hydrogen-bond donors (Lipinski definition) is 1. The predicted octanol–water partition coefficient (Wildman–Crippen LogP) is 1.03. The lowest BCUT2D eigenvalue weighted by Crippen LogP contribution is -2.33. The third-order valence-electron chi connectivity index (χ3n) is 0.830. The van der Waals surface area contributed by atoms with Gasteiger partial charge in [-0.2, -0.15) is 5.48 Å². The van der Waals surface area contributed by atoms with Crippen molar-refractivity contribution in [3.8, 4) is 0 Å². The molecule has 0 atom stereocenters. The van der Waals surface area contributed by atoms with Gasteiger partial charge in [0, 0.05) is 0 Å². The van der Waals surface area contributed by atoms with Crippen LogP contribution in [0.2, 0.25) is 0 Å². The molecule has 1 N–H and O–H groups in total. The van der Waals surface area contributed by atoms with Crippen LogP contribution in [-0.4, -0.2) is 24.1 Å². The fourth-order valence-electron chi connectivity index (χ4n) is 0.496. The van der Waals surface area contributed by atoms with Crippen LogP contribution in [0.3, 0.4) is 0 Å². The van der Waals surface area contributed by atoms with Gasteiger partial charge in [-0.05, 0) is 27.7 Å². The van der Waals surface area contributed by atoms with E-state index >= 15 is 0 Å². The van der Waals surface area contributed by atoms with Crippen LogP contribution in [0.5, 0.6) is 0 Å². The zero-order valence-electron chi connectivity index (χ0n) is 8.34. The molecule has 0 aromatic rings. The van der Waals surface area contributed by atoms with Gasteiger partial charge in [-0.25, -0.2) is 4.79 Å². The molecule has 0 aromatic carbocycles. The van der Waals surface area contributed by atoms with E-state index in [0.717, 1.165) is 0 Å². The van der Waals surface area contributed by atoms with Crippen molar-refractivity contribution in [3.63, 3.8) is 0 Å². The fourth-order valence-corrected chi connectivity index (χ4v) is 0.496. The van der Waals surface area contributed by atoms with Crippen molar-refractivity contribution in [2.24, 2.45) is 0 Å². The highest BCUT2D eigenvalue weighted by atomic mass is 16.7. The average molecular weight is 189 g/mol. The second-order valence-electron chi connectivity index (χ2n) is 3.59. The molecule has 0 rings (SSSR count). The topological polar surface area (TPSA) is 64.6 Å². The number of ketones is 1. The summed E-state index contributed by atoms with van der Waals surface area (Å²) in [5.41, 5.74) is 1.42. The number of hydroxylamine groups is 1. The number of amides is 1. The van der Waals surface area contributed by atoms with Gasteiger partial charge in [0.15, 0.2) is 5.78 Å². The van der Waals surface area contributed by atoms with E-state index in [1.54, 1.807) is 20.8 Å². The first kappa shape index (κ1) is 11.9. The molecule has 0 saturated carbocycles. The smallest absolute Gasteiger partial charge is 0.431 e. The summed E-state index contributed by atoms with van der Waals surface area (Å²) in [5.74, 6) is -0.170. The van der Waals surface area contributed by atoms with Crippen LogP contribution >= 0.6 is 0 Å². The molecule has 0 spiro atoms. The molecule has 0 saturated heterocycles. The highest BCUT2D eigenvalue weighted by molar-refractivity contribution is 5.77. The van der Waals surface area contributed by atoms with E-state index in [1.165, 1.54) is 6.92 Å². The van der Waals surface area contributed by atoms with Gasteiger partial charge >= 0.3 is 6.09 Å². The van der Waals surface area contributed by atoms with E-state index in [2.05, 4.69) is 4.84 Å². The lowest BCUT2D eigenvalue weighted by atomic mass is 10.2. The molecule has 0 aromatic heterocycles. The Balaban J connectivity index is 3.59. The van der Waals surface area contributed by atoms with Gasteiger partial charge < -0.3 is 4.74 Å². The Labute approximate surface area is 77.3 Å². The summed E-state index contributed by atoms with van der Waals surface area (Å²) in [5, 5.41) is 0. The summed E-state index contributed by atoms with van der Waals surface area (Å²) in [6.07, 6.45) is -0.700. The van der Waals surface area contributed by atoms with Gasteiger partial charge in [0.05, 0.1) is 0 Å². The Morgan fingerprint density at radius 2 is 1.85 bits per heavy atom. The lowest BCUT2D eigenvalue weighted by Gasteiger charge is -2.19. The van der Waals surface area contributed by atoms with Gasteiger partial charge in [0.1, 0.15) is 12.2 Å². The van der Waals surface area contributed by atoms with Gasteiger partial charge in [0.25, 0.3) is 0 Å². The zero-order valence-corrected chi connectivity index (χ0v) is 8.34. The first-order valence-corrected chi connectivity index (χ1v) is 3.91. The molecule has 0 unspecified atom stereocenters. The van der Waals surface area contributed by atoms with Crippen LogP contribution in [0, 0.1) is 0 Å². The number of ether oxygens (including phenoxy) is 1. The van der Waals surface area contributed by atoms with Crippen molar-refractivity contribution in [1.82, 2.24) is 5.48 Å². The molecule has 0 aliphatic carbocycles. The van der Waals surface area contributed by atoms with Crippen molar-refractivity contribution in [3.05, 3.63) is 0 Å². The minimum absolute atomic E-state index is 0.154. The summed E-state index contributed by atoms with van der Waals surface area (Å²) in [6.45, 7) is 6.41. The van der Waals surface area contributed by atoms with Crippen LogP contribution in [0.25, 0.3) is 0 Å². The standard InChI is InChI=1S/C8H15NO4/c1-6(10)5-12-9-7(11)13-8(2,3)4/h5H2,1-4H3,(H,9,11). The fraction of sp³-hybridized carbons (Fsp3) is 0.750. The van der Waals surface area contributed by atoms with Crippen molar-refractivity contribution >= 4 is 11.9 Å². The molecule has 76 valence electrons. The minimum atomic E-state index is -0.700. The molecule has 0 aliphatic rings. The Bertz CT molecular complexity index is 195. The number of rotatable bonds is 3. The van der Waals surface area contributed by atoms with E-state index in [9.17, 15) is 9.59 Å². The molecule has 0 bridgehead atoms. The van der Waals surface area contributed by atoms with Crippen molar-refractivity contribution < 1.29 is 19.2 Å². The van der Waals surface area contributed by atoms with Crippen LogP contribution in [0.15, 0.2) is 0 Å². The molecule has 0 heterocycles. The van der Waals surface area contributed by atoms with Gasteiger partial charge in [-0.15, -0.1) is 0 Å². The van der Waals surface area contributed by atoms with Crippen molar-refractivity contribution in [2.75, 3.05) is 6.61 Å². The number of hydrogen-bond acceptors (Lipinski definition) is 4. The molecule has 5 heteroatoms. The maximum atomic E-state index is 10.9.